The molecular weight excluding hydrogens is 408 g/mol. The number of hydrogen-bond donors (Lipinski definition) is 0. The van der Waals surface area contributed by atoms with Gasteiger partial charge in [0.05, 0.1) is 23.4 Å². The van der Waals surface area contributed by atoms with Crippen LogP contribution in [0.1, 0.15) is 23.0 Å². The summed E-state index contributed by atoms with van der Waals surface area (Å²) in [5.41, 5.74) is 2.16. The zero-order chi connectivity index (χ0) is 20.4. The Morgan fingerprint density at radius 3 is 2.72 bits per heavy atom. The predicted molar refractivity (Wildman–Crippen MR) is 116 cm³/mol. The number of nitrogens with zero attached hydrogens (tertiary/aromatic N) is 4. The first-order chi connectivity index (χ1) is 14.1. The molecule has 0 N–H and O–H groups in total. The van der Waals surface area contributed by atoms with E-state index in [0.717, 1.165) is 10.3 Å². The quantitative estimate of drug-likeness (QED) is 0.434. The fourth-order valence-corrected chi connectivity index (χ4v) is 4.37. The minimum atomic E-state index is -0.164. The highest BCUT2D eigenvalue weighted by molar-refractivity contribution is 7.23. The van der Waals surface area contributed by atoms with Gasteiger partial charge in [-0.3, -0.25) is 14.4 Å². The summed E-state index contributed by atoms with van der Waals surface area (Å²) < 4.78 is 7.90. The van der Waals surface area contributed by atoms with Gasteiger partial charge in [0, 0.05) is 12.7 Å². The van der Waals surface area contributed by atoms with Crippen molar-refractivity contribution < 1.29 is 9.53 Å². The summed E-state index contributed by atoms with van der Waals surface area (Å²) in [5, 5.41) is 5.37. The lowest BCUT2D eigenvalue weighted by Crippen LogP contribution is -2.32. The number of rotatable bonds is 6. The molecule has 0 atom stereocenters. The standard InChI is InChI=1S/C21H19ClN4O2S/c1-3-26-16(11-12-23-26)20(27)25(13-14-7-5-4-6-8-14)21-24-18-17(28-2)10-9-15(22)19(18)29-21/h4-12H,3,13H2,1-2H3. The number of benzene rings is 2. The van der Waals surface area contributed by atoms with Crippen LogP contribution in [0.5, 0.6) is 5.75 Å². The van der Waals surface area contributed by atoms with Gasteiger partial charge in [-0.1, -0.05) is 53.3 Å². The number of carbonyl (C=O) groups is 1. The van der Waals surface area contributed by atoms with Gasteiger partial charge in [-0.05, 0) is 30.7 Å². The number of thiazole rings is 1. The molecule has 1 amide bonds. The van der Waals surface area contributed by atoms with E-state index in [1.807, 2.05) is 37.3 Å². The van der Waals surface area contributed by atoms with Crippen molar-refractivity contribution in [2.75, 3.05) is 12.0 Å². The van der Waals surface area contributed by atoms with E-state index in [9.17, 15) is 4.79 Å². The first kappa shape index (κ1) is 19.4. The summed E-state index contributed by atoms with van der Waals surface area (Å²) in [7, 11) is 1.59. The van der Waals surface area contributed by atoms with Crippen molar-refractivity contribution in [3.05, 3.63) is 71.0 Å². The molecule has 0 aliphatic carbocycles. The molecule has 2 aromatic heterocycles. The van der Waals surface area contributed by atoms with Crippen LogP contribution in [0.4, 0.5) is 5.13 Å². The minimum Gasteiger partial charge on any atom is -0.494 e. The summed E-state index contributed by atoms with van der Waals surface area (Å²) in [6.07, 6.45) is 1.63. The maximum atomic E-state index is 13.5. The van der Waals surface area contributed by atoms with Crippen molar-refractivity contribution in [1.82, 2.24) is 14.8 Å². The Balaban J connectivity index is 1.83. The van der Waals surface area contributed by atoms with E-state index in [4.69, 9.17) is 21.3 Å². The lowest BCUT2D eigenvalue weighted by Gasteiger charge is -2.20. The molecule has 0 aliphatic rings. The van der Waals surface area contributed by atoms with E-state index in [-0.39, 0.29) is 5.91 Å². The van der Waals surface area contributed by atoms with E-state index in [0.29, 0.717) is 40.2 Å². The predicted octanol–water partition coefficient (Wildman–Crippen LogP) is 5.02. The number of anilines is 1. The van der Waals surface area contributed by atoms with Crippen molar-refractivity contribution in [1.29, 1.82) is 0 Å². The zero-order valence-corrected chi connectivity index (χ0v) is 17.6. The van der Waals surface area contributed by atoms with Crippen molar-refractivity contribution in [3.8, 4) is 5.75 Å². The molecule has 0 fully saturated rings. The maximum Gasteiger partial charge on any atom is 0.278 e. The number of fused-ring (bicyclic) bond motifs is 1. The molecule has 0 spiro atoms. The van der Waals surface area contributed by atoms with Gasteiger partial charge < -0.3 is 4.74 Å². The Morgan fingerprint density at radius 1 is 1.21 bits per heavy atom. The Morgan fingerprint density at radius 2 is 2.00 bits per heavy atom. The molecule has 0 unspecified atom stereocenters. The van der Waals surface area contributed by atoms with Crippen molar-refractivity contribution >= 4 is 44.2 Å². The molecular formula is C21H19ClN4O2S. The van der Waals surface area contributed by atoms with Gasteiger partial charge in [-0.15, -0.1) is 0 Å². The van der Waals surface area contributed by atoms with Gasteiger partial charge >= 0.3 is 0 Å². The number of carbonyl (C=O) groups excluding carboxylic acids is 1. The van der Waals surface area contributed by atoms with E-state index in [1.54, 1.807) is 41.1 Å². The van der Waals surface area contributed by atoms with Gasteiger partial charge in [-0.25, -0.2) is 4.98 Å². The smallest absolute Gasteiger partial charge is 0.278 e. The summed E-state index contributed by atoms with van der Waals surface area (Å²) in [6, 6.07) is 15.1. The second kappa shape index (κ2) is 8.23. The molecule has 0 radical (unpaired) electrons. The molecule has 148 valence electrons. The minimum absolute atomic E-state index is 0.164. The van der Waals surface area contributed by atoms with Gasteiger partial charge in [0.25, 0.3) is 5.91 Å². The highest BCUT2D eigenvalue weighted by Gasteiger charge is 2.25. The molecule has 0 saturated heterocycles. The van der Waals surface area contributed by atoms with E-state index in [2.05, 4.69) is 5.10 Å². The third kappa shape index (κ3) is 3.71. The van der Waals surface area contributed by atoms with E-state index in [1.165, 1.54) is 11.3 Å². The molecule has 0 bridgehead atoms. The fraction of sp³-hybridized carbons (Fsp3) is 0.190. The number of aryl methyl sites for hydroxylation is 1. The molecule has 6 nitrogen and oxygen atoms in total. The van der Waals surface area contributed by atoms with Crippen molar-refractivity contribution in [3.63, 3.8) is 0 Å². The molecule has 0 saturated carbocycles. The van der Waals surface area contributed by atoms with Gasteiger partial charge in [-0.2, -0.15) is 5.10 Å². The summed E-state index contributed by atoms with van der Waals surface area (Å²) in [5.74, 6) is 0.458. The highest BCUT2D eigenvalue weighted by atomic mass is 35.5. The lowest BCUT2D eigenvalue weighted by atomic mass is 10.2. The summed E-state index contributed by atoms with van der Waals surface area (Å²) in [6.45, 7) is 2.94. The number of hydrogen-bond acceptors (Lipinski definition) is 5. The SMILES string of the molecule is CCn1nccc1C(=O)N(Cc1ccccc1)c1nc2c(OC)ccc(Cl)c2s1. The van der Waals surface area contributed by atoms with Crippen LogP contribution < -0.4 is 9.64 Å². The average molecular weight is 427 g/mol. The molecule has 0 aliphatic heterocycles. The average Bonchev–Trinajstić information content (AvgIpc) is 3.40. The van der Waals surface area contributed by atoms with Crippen LogP contribution in [-0.2, 0) is 13.1 Å². The van der Waals surface area contributed by atoms with E-state index < -0.39 is 0 Å². The molecule has 8 heteroatoms. The molecule has 2 heterocycles. The van der Waals surface area contributed by atoms with Crippen LogP contribution in [-0.4, -0.2) is 27.8 Å². The lowest BCUT2D eigenvalue weighted by molar-refractivity contribution is 0.0975. The second-order valence-electron chi connectivity index (χ2n) is 6.33. The van der Waals surface area contributed by atoms with Crippen molar-refractivity contribution in [2.24, 2.45) is 0 Å². The van der Waals surface area contributed by atoms with Gasteiger partial charge in [0.1, 0.15) is 17.0 Å². The summed E-state index contributed by atoms with van der Waals surface area (Å²) >= 11 is 7.76. The molecule has 29 heavy (non-hydrogen) atoms. The molecule has 2 aromatic carbocycles. The molecule has 4 rings (SSSR count). The first-order valence-corrected chi connectivity index (χ1v) is 10.3. The fourth-order valence-electron chi connectivity index (χ4n) is 3.12. The Hall–Kier alpha value is -2.90. The number of methoxy groups -OCH3 is 1. The first-order valence-electron chi connectivity index (χ1n) is 9.13. The number of amides is 1. The number of halogens is 1. The number of ether oxygens (including phenoxy) is 1. The van der Waals surface area contributed by atoms with Crippen LogP contribution in [0.3, 0.4) is 0 Å². The van der Waals surface area contributed by atoms with E-state index >= 15 is 0 Å². The Kier molecular flexibility index (Phi) is 5.51. The van der Waals surface area contributed by atoms with Gasteiger partial charge in [0.15, 0.2) is 5.13 Å². The largest absolute Gasteiger partial charge is 0.494 e. The van der Waals surface area contributed by atoms with Gasteiger partial charge in [0.2, 0.25) is 0 Å². The van der Waals surface area contributed by atoms with Crippen molar-refractivity contribution in [2.45, 2.75) is 20.0 Å². The Labute approximate surface area is 177 Å². The highest BCUT2D eigenvalue weighted by Crippen LogP contribution is 2.39. The summed E-state index contributed by atoms with van der Waals surface area (Å²) in [4.78, 5) is 19.9. The normalized spacial score (nSPS) is 11.0. The monoisotopic (exact) mass is 426 g/mol. The van der Waals surface area contributed by atoms with Crippen LogP contribution in [0, 0.1) is 0 Å². The zero-order valence-electron chi connectivity index (χ0n) is 16.0. The third-order valence-electron chi connectivity index (χ3n) is 4.56. The third-order valence-corrected chi connectivity index (χ3v) is 6.10. The van der Waals surface area contributed by atoms with Crippen LogP contribution in [0.2, 0.25) is 5.02 Å². The Bertz CT molecular complexity index is 1160. The maximum absolute atomic E-state index is 13.5. The second-order valence-corrected chi connectivity index (χ2v) is 7.72. The molecule has 4 aromatic rings. The van der Waals surface area contributed by atoms with Crippen LogP contribution in [0.15, 0.2) is 54.7 Å². The topological polar surface area (TPSA) is 60.2 Å². The van der Waals surface area contributed by atoms with Crippen LogP contribution in [0.25, 0.3) is 10.2 Å². The number of aromatic nitrogens is 3. The van der Waals surface area contributed by atoms with Crippen LogP contribution >= 0.6 is 22.9 Å².